The van der Waals surface area contributed by atoms with Gasteiger partial charge in [-0.15, -0.1) is 0 Å². The first-order chi connectivity index (χ1) is 14.8. The van der Waals surface area contributed by atoms with Crippen LogP contribution >= 0.6 is 0 Å². The molecule has 1 amide bonds. The molecule has 0 heterocycles. The molecule has 0 radical (unpaired) electrons. The number of nitrogens with zero attached hydrogens (tertiary/aromatic N) is 1. The lowest BCUT2D eigenvalue weighted by atomic mass is 10.1. The van der Waals surface area contributed by atoms with Crippen molar-refractivity contribution in [2.45, 2.75) is 24.8 Å². The summed E-state index contributed by atoms with van der Waals surface area (Å²) in [6.07, 6.45) is 0. The van der Waals surface area contributed by atoms with Gasteiger partial charge in [0.25, 0.3) is 15.9 Å². The molecule has 7 heteroatoms. The lowest BCUT2D eigenvalue weighted by molar-refractivity contribution is -0.123. The number of aryl methyl sites for hydroxylation is 1. The Balaban J connectivity index is 1.58. The topological polar surface area (TPSA) is 75.7 Å². The second-order valence-electron chi connectivity index (χ2n) is 7.27. The molecular formula is C24H26N2O4S. The number of carbonyl (C=O) groups is 1. The summed E-state index contributed by atoms with van der Waals surface area (Å²) in [5.41, 5.74) is 2.50. The standard InChI is InChI=1S/C24H26N2O4S/c1-18-9-15-23(16-10-18)31(28,29)26(3)21-11-13-22(14-12-21)30-17-24(27)25-19(2)20-7-5-4-6-8-20/h4-16,19H,17H2,1-3H3,(H,25,27). The minimum Gasteiger partial charge on any atom is -0.484 e. The lowest BCUT2D eigenvalue weighted by Gasteiger charge is -2.20. The molecular weight excluding hydrogens is 412 g/mol. The first kappa shape index (κ1) is 22.4. The molecule has 0 aliphatic rings. The zero-order valence-corrected chi connectivity index (χ0v) is 18.6. The summed E-state index contributed by atoms with van der Waals surface area (Å²) in [5, 5.41) is 2.89. The maximum atomic E-state index is 12.8. The Morgan fingerprint density at radius 3 is 2.19 bits per heavy atom. The minimum absolute atomic E-state index is 0.125. The van der Waals surface area contributed by atoms with E-state index in [1.165, 1.54) is 11.4 Å². The normalized spacial score (nSPS) is 12.1. The maximum Gasteiger partial charge on any atom is 0.264 e. The Hall–Kier alpha value is -3.32. The predicted molar refractivity (Wildman–Crippen MR) is 122 cm³/mol. The molecule has 1 atom stereocenters. The van der Waals surface area contributed by atoms with E-state index in [1.54, 1.807) is 48.5 Å². The second kappa shape index (κ2) is 9.66. The van der Waals surface area contributed by atoms with Gasteiger partial charge in [0.15, 0.2) is 6.61 Å². The van der Waals surface area contributed by atoms with E-state index in [0.717, 1.165) is 11.1 Å². The van der Waals surface area contributed by atoms with Crippen molar-refractivity contribution in [3.63, 3.8) is 0 Å². The molecule has 0 fully saturated rings. The van der Waals surface area contributed by atoms with E-state index in [9.17, 15) is 13.2 Å². The maximum absolute atomic E-state index is 12.8. The van der Waals surface area contributed by atoms with Crippen LogP contribution in [0.4, 0.5) is 5.69 Å². The highest BCUT2D eigenvalue weighted by Crippen LogP contribution is 2.24. The Morgan fingerprint density at radius 1 is 0.968 bits per heavy atom. The number of sulfonamides is 1. The van der Waals surface area contributed by atoms with E-state index < -0.39 is 10.0 Å². The molecule has 3 rings (SSSR count). The average Bonchev–Trinajstić information content (AvgIpc) is 2.78. The van der Waals surface area contributed by atoms with E-state index in [-0.39, 0.29) is 23.5 Å². The zero-order chi connectivity index (χ0) is 22.4. The third kappa shape index (κ3) is 5.64. The molecule has 31 heavy (non-hydrogen) atoms. The van der Waals surface area contributed by atoms with Gasteiger partial charge in [0.1, 0.15) is 5.75 Å². The third-order valence-corrected chi connectivity index (χ3v) is 6.73. The van der Waals surface area contributed by atoms with E-state index in [0.29, 0.717) is 11.4 Å². The number of rotatable bonds is 8. The van der Waals surface area contributed by atoms with Crippen LogP contribution in [-0.2, 0) is 14.8 Å². The van der Waals surface area contributed by atoms with Crippen LogP contribution in [0.25, 0.3) is 0 Å². The summed E-state index contributed by atoms with van der Waals surface area (Å²) in [6, 6.07) is 22.8. The van der Waals surface area contributed by atoms with Gasteiger partial charge in [-0.1, -0.05) is 48.0 Å². The van der Waals surface area contributed by atoms with E-state index in [2.05, 4.69) is 5.32 Å². The molecule has 0 bridgehead atoms. The summed E-state index contributed by atoms with van der Waals surface area (Å²) in [4.78, 5) is 12.4. The highest BCUT2D eigenvalue weighted by molar-refractivity contribution is 7.92. The molecule has 1 N–H and O–H groups in total. The van der Waals surface area contributed by atoms with Crippen LogP contribution in [0.2, 0.25) is 0 Å². The molecule has 162 valence electrons. The number of nitrogens with one attached hydrogen (secondary N) is 1. The predicted octanol–water partition coefficient (Wildman–Crippen LogP) is 4.08. The fourth-order valence-electron chi connectivity index (χ4n) is 3.02. The van der Waals surface area contributed by atoms with Gasteiger partial charge in [-0.05, 0) is 55.8 Å². The van der Waals surface area contributed by atoms with Crippen LogP contribution in [-0.4, -0.2) is 28.0 Å². The van der Waals surface area contributed by atoms with Crippen LogP contribution < -0.4 is 14.4 Å². The Kier molecular flexibility index (Phi) is 6.97. The van der Waals surface area contributed by atoms with Gasteiger partial charge >= 0.3 is 0 Å². The molecule has 0 aromatic heterocycles. The number of benzene rings is 3. The first-order valence-electron chi connectivity index (χ1n) is 9.90. The van der Waals surface area contributed by atoms with Gasteiger partial charge in [0.2, 0.25) is 0 Å². The highest BCUT2D eigenvalue weighted by Gasteiger charge is 2.21. The van der Waals surface area contributed by atoms with Gasteiger partial charge in [0.05, 0.1) is 16.6 Å². The zero-order valence-electron chi connectivity index (χ0n) is 17.8. The van der Waals surface area contributed by atoms with E-state index in [4.69, 9.17) is 4.74 Å². The Morgan fingerprint density at radius 2 is 1.58 bits per heavy atom. The summed E-state index contributed by atoms with van der Waals surface area (Å²) in [7, 11) is -2.16. The summed E-state index contributed by atoms with van der Waals surface area (Å²) in [6.45, 7) is 3.68. The fraction of sp³-hybridized carbons (Fsp3) is 0.208. The molecule has 0 saturated heterocycles. The minimum atomic E-state index is -3.66. The second-order valence-corrected chi connectivity index (χ2v) is 9.24. The van der Waals surface area contributed by atoms with Gasteiger partial charge in [-0.3, -0.25) is 9.10 Å². The molecule has 3 aromatic rings. The van der Waals surface area contributed by atoms with Crippen LogP contribution in [0.5, 0.6) is 5.75 Å². The van der Waals surface area contributed by atoms with Gasteiger partial charge < -0.3 is 10.1 Å². The summed E-state index contributed by atoms with van der Waals surface area (Å²) < 4.78 is 32.4. The molecule has 0 saturated carbocycles. The number of ether oxygens (including phenoxy) is 1. The number of hydrogen-bond acceptors (Lipinski definition) is 4. The largest absolute Gasteiger partial charge is 0.484 e. The van der Waals surface area contributed by atoms with Crippen molar-refractivity contribution in [2.75, 3.05) is 18.0 Å². The number of amides is 1. The van der Waals surface area contributed by atoms with Crippen molar-refractivity contribution in [2.24, 2.45) is 0 Å². The van der Waals surface area contributed by atoms with Crippen LogP contribution in [0, 0.1) is 6.92 Å². The van der Waals surface area contributed by atoms with Gasteiger partial charge in [-0.25, -0.2) is 8.42 Å². The molecule has 0 aliphatic heterocycles. The van der Waals surface area contributed by atoms with Crippen LogP contribution in [0.3, 0.4) is 0 Å². The fourth-order valence-corrected chi connectivity index (χ4v) is 4.21. The first-order valence-corrected chi connectivity index (χ1v) is 11.3. The van der Waals surface area contributed by atoms with E-state index in [1.807, 2.05) is 44.2 Å². The summed E-state index contributed by atoms with van der Waals surface area (Å²) in [5.74, 6) is 0.242. The summed E-state index contributed by atoms with van der Waals surface area (Å²) >= 11 is 0. The molecule has 3 aromatic carbocycles. The van der Waals surface area contributed by atoms with Crippen molar-refractivity contribution in [3.8, 4) is 5.75 Å². The quantitative estimate of drug-likeness (QED) is 0.575. The van der Waals surface area contributed by atoms with Crippen molar-refractivity contribution in [3.05, 3.63) is 90.0 Å². The highest BCUT2D eigenvalue weighted by atomic mass is 32.2. The van der Waals surface area contributed by atoms with Crippen LogP contribution in [0.1, 0.15) is 24.1 Å². The van der Waals surface area contributed by atoms with Crippen molar-refractivity contribution >= 4 is 21.6 Å². The van der Waals surface area contributed by atoms with Crippen LogP contribution in [0.15, 0.2) is 83.8 Å². The molecule has 1 unspecified atom stereocenters. The number of carbonyl (C=O) groups excluding carboxylic acids is 1. The van der Waals surface area contributed by atoms with Gasteiger partial charge in [0, 0.05) is 7.05 Å². The monoisotopic (exact) mass is 438 g/mol. The lowest BCUT2D eigenvalue weighted by Crippen LogP contribution is -2.31. The van der Waals surface area contributed by atoms with E-state index >= 15 is 0 Å². The SMILES string of the molecule is Cc1ccc(S(=O)(=O)N(C)c2ccc(OCC(=O)NC(C)c3ccccc3)cc2)cc1. The smallest absolute Gasteiger partial charge is 0.264 e. The van der Waals surface area contributed by atoms with Crippen molar-refractivity contribution < 1.29 is 17.9 Å². The van der Waals surface area contributed by atoms with Crippen molar-refractivity contribution in [1.82, 2.24) is 5.32 Å². The number of hydrogen-bond donors (Lipinski definition) is 1. The van der Waals surface area contributed by atoms with Crippen molar-refractivity contribution in [1.29, 1.82) is 0 Å². The van der Waals surface area contributed by atoms with Gasteiger partial charge in [-0.2, -0.15) is 0 Å². The average molecular weight is 439 g/mol. The molecule has 6 nitrogen and oxygen atoms in total. The number of anilines is 1. The molecule has 0 spiro atoms. The Labute approximate surface area is 183 Å². The Bertz CT molecular complexity index is 1110. The molecule has 0 aliphatic carbocycles. The third-order valence-electron chi connectivity index (χ3n) is 4.93.